The third-order valence-electron chi connectivity index (χ3n) is 11.5. The van der Waals surface area contributed by atoms with E-state index in [4.69, 9.17) is 14.2 Å². The Hall–Kier alpha value is -1.59. The van der Waals surface area contributed by atoms with Gasteiger partial charge in [-0.3, -0.25) is 14.4 Å². The van der Waals surface area contributed by atoms with E-state index in [9.17, 15) is 14.4 Å². The molecule has 338 valence electrons. The molecule has 0 fully saturated rings. The maximum absolute atomic E-state index is 12.8. The number of ether oxygens (including phenoxy) is 3. The van der Waals surface area contributed by atoms with Crippen molar-refractivity contribution in [1.82, 2.24) is 0 Å². The Morgan fingerprint density at radius 3 is 0.860 bits per heavy atom. The standard InChI is InChI=1S/C51H98O6/c1-6-7-8-9-10-11-12-13-16-20-23-26-33-38-43-51(54)57-48(45-56-50(53)42-37-32-28-27-30-35-40-47(4)5)44-55-49(52)41-36-31-25-22-19-17-14-15-18-21-24-29-34-39-46(2)3/h46-48H,6-45H2,1-5H3/t48-/m0/s1. The molecule has 0 unspecified atom stereocenters. The maximum atomic E-state index is 12.8. The van der Waals surface area contributed by atoms with Crippen molar-refractivity contribution in [2.45, 2.75) is 285 Å². The molecule has 57 heavy (non-hydrogen) atoms. The highest BCUT2D eigenvalue weighted by Crippen LogP contribution is 2.17. The third-order valence-corrected chi connectivity index (χ3v) is 11.5. The van der Waals surface area contributed by atoms with Gasteiger partial charge in [-0.1, -0.05) is 240 Å². The normalized spacial score (nSPS) is 12.1. The molecule has 0 aromatic rings. The number of hydrogen-bond acceptors (Lipinski definition) is 6. The van der Waals surface area contributed by atoms with Gasteiger partial charge in [0.05, 0.1) is 0 Å². The smallest absolute Gasteiger partial charge is 0.306 e. The van der Waals surface area contributed by atoms with E-state index in [0.717, 1.165) is 69.6 Å². The number of carbonyl (C=O) groups is 3. The average molecular weight is 807 g/mol. The first-order chi connectivity index (χ1) is 27.7. The molecule has 0 aliphatic heterocycles. The molecule has 0 heterocycles. The Balaban J connectivity index is 4.27. The van der Waals surface area contributed by atoms with E-state index in [2.05, 4.69) is 34.6 Å². The van der Waals surface area contributed by atoms with Gasteiger partial charge in [-0.15, -0.1) is 0 Å². The summed E-state index contributed by atoms with van der Waals surface area (Å²) >= 11 is 0. The molecule has 0 saturated carbocycles. The highest BCUT2D eigenvalue weighted by atomic mass is 16.6. The SMILES string of the molecule is CCCCCCCCCCCCCCCCC(=O)O[C@@H](COC(=O)CCCCCCCCCCCCCCCC(C)C)COC(=O)CCCCCCCCC(C)C. The van der Waals surface area contributed by atoms with Crippen molar-refractivity contribution in [1.29, 1.82) is 0 Å². The Kier molecular flexibility index (Phi) is 42.7. The number of rotatable bonds is 45. The van der Waals surface area contributed by atoms with Crippen LogP contribution in [0.2, 0.25) is 0 Å². The van der Waals surface area contributed by atoms with Crippen LogP contribution >= 0.6 is 0 Å². The van der Waals surface area contributed by atoms with Crippen LogP contribution in [0.25, 0.3) is 0 Å². The molecular weight excluding hydrogens is 709 g/mol. The summed E-state index contributed by atoms with van der Waals surface area (Å²) in [6.07, 6.45) is 43.9. The molecule has 0 aliphatic rings. The number of esters is 3. The molecule has 0 spiro atoms. The van der Waals surface area contributed by atoms with Crippen molar-refractivity contribution in [3.63, 3.8) is 0 Å². The molecule has 1 atom stereocenters. The summed E-state index contributed by atoms with van der Waals surface area (Å²) in [5, 5.41) is 0. The van der Waals surface area contributed by atoms with Gasteiger partial charge in [0.2, 0.25) is 0 Å². The fourth-order valence-corrected chi connectivity index (χ4v) is 7.64. The Morgan fingerprint density at radius 2 is 0.579 bits per heavy atom. The molecular formula is C51H98O6. The second-order valence-electron chi connectivity index (χ2n) is 18.4. The lowest BCUT2D eigenvalue weighted by Crippen LogP contribution is -2.30. The van der Waals surface area contributed by atoms with Crippen LogP contribution in [-0.2, 0) is 28.6 Å². The Labute approximate surface area is 355 Å². The van der Waals surface area contributed by atoms with E-state index in [1.165, 1.54) is 167 Å². The van der Waals surface area contributed by atoms with E-state index in [1.54, 1.807) is 0 Å². The highest BCUT2D eigenvalue weighted by molar-refractivity contribution is 5.71. The molecule has 0 rings (SSSR count). The molecule has 6 nitrogen and oxygen atoms in total. The van der Waals surface area contributed by atoms with Gasteiger partial charge >= 0.3 is 17.9 Å². The van der Waals surface area contributed by atoms with E-state index >= 15 is 0 Å². The van der Waals surface area contributed by atoms with E-state index in [1.807, 2.05) is 0 Å². The van der Waals surface area contributed by atoms with Crippen LogP contribution in [0.15, 0.2) is 0 Å². The molecule has 0 N–H and O–H groups in total. The lowest BCUT2D eigenvalue weighted by atomic mass is 10.0. The van der Waals surface area contributed by atoms with Crippen LogP contribution in [0, 0.1) is 11.8 Å². The van der Waals surface area contributed by atoms with Crippen LogP contribution < -0.4 is 0 Å². The van der Waals surface area contributed by atoms with Gasteiger partial charge in [0.1, 0.15) is 13.2 Å². The monoisotopic (exact) mass is 807 g/mol. The van der Waals surface area contributed by atoms with Crippen molar-refractivity contribution in [2.75, 3.05) is 13.2 Å². The minimum absolute atomic E-state index is 0.0646. The quantitative estimate of drug-likeness (QED) is 0.0346. The van der Waals surface area contributed by atoms with Gasteiger partial charge in [0.15, 0.2) is 6.10 Å². The van der Waals surface area contributed by atoms with Crippen LogP contribution in [0.5, 0.6) is 0 Å². The van der Waals surface area contributed by atoms with E-state index in [-0.39, 0.29) is 31.1 Å². The summed E-state index contributed by atoms with van der Waals surface area (Å²) in [6, 6.07) is 0. The summed E-state index contributed by atoms with van der Waals surface area (Å²) in [5.41, 5.74) is 0. The summed E-state index contributed by atoms with van der Waals surface area (Å²) in [6.45, 7) is 11.3. The lowest BCUT2D eigenvalue weighted by molar-refractivity contribution is -0.167. The van der Waals surface area contributed by atoms with Crippen molar-refractivity contribution in [3.8, 4) is 0 Å². The Bertz CT molecular complexity index is 870. The van der Waals surface area contributed by atoms with Gasteiger partial charge in [0, 0.05) is 19.3 Å². The van der Waals surface area contributed by atoms with Crippen molar-refractivity contribution >= 4 is 17.9 Å². The molecule has 0 aromatic heterocycles. The third kappa shape index (κ3) is 45.3. The maximum Gasteiger partial charge on any atom is 0.306 e. The fourth-order valence-electron chi connectivity index (χ4n) is 7.64. The predicted octanol–water partition coefficient (Wildman–Crippen LogP) is 16.1. The first-order valence-electron chi connectivity index (χ1n) is 25.2. The predicted molar refractivity (Wildman–Crippen MR) is 243 cm³/mol. The van der Waals surface area contributed by atoms with Crippen LogP contribution in [-0.4, -0.2) is 37.2 Å². The minimum atomic E-state index is -0.761. The number of unbranched alkanes of at least 4 members (excludes halogenated alkanes) is 30. The van der Waals surface area contributed by atoms with Crippen LogP contribution in [0.1, 0.15) is 279 Å². The highest BCUT2D eigenvalue weighted by Gasteiger charge is 2.19. The molecule has 0 radical (unpaired) electrons. The van der Waals surface area contributed by atoms with Gasteiger partial charge in [-0.25, -0.2) is 0 Å². The zero-order valence-electron chi connectivity index (χ0n) is 39.0. The number of hydrogen-bond donors (Lipinski definition) is 0. The van der Waals surface area contributed by atoms with Gasteiger partial charge in [-0.05, 0) is 31.1 Å². The summed E-state index contributed by atoms with van der Waals surface area (Å²) in [5.74, 6) is 0.749. The molecule has 0 amide bonds. The van der Waals surface area contributed by atoms with Crippen molar-refractivity contribution in [2.24, 2.45) is 11.8 Å². The topological polar surface area (TPSA) is 78.9 Å². The van der Waals surface area contributed by atoms with Crippen LogP contribution in [0.4, 0.5) is 0 Å². The number of carbonyl (C=O) groups excluding carboxylic acids is 3. The molecule has 0 saturated heterocycles. The van der Waals surface area contributed by atoms with E-state index < -0.39 is 6.10 Å². The zero-order chi connectivity index (χ0) is 41.9. The Morgan fingerprint density at radius 1 is 0.333 bits per heavy atom. The molecule has 6 heteroatoms. The fraction of sp³-hybridized carbons (Fsp3) is 0.941. The van der Waals surface area contributed by atoms with Gasteiger partial charge < -0.3 is 14.2 Å². The first kappa shape index (κ1) is 55.4. The average Bonchev–Trinajstić information content (AvgIpc) is 3.18. The summed E-state index contributed by atoms with van der Waals surface area (Å²) in [4.78, 5) is 37.8. The second kappa shape index (κ2) is 44.0. The van der Waals surface area contributed by atoms with Crippen molar-refractivity contribution < 1.29 is 28.6 Å². The van der Waals surface area contributed by atoms with Crippen molar-refractivity contribution in [3.05, 3.63) is 0 Å². The molecule has 0 aromatic carbocycles. The van der Waals surface area contributed by atoms with Gasteiger partial charge in [-0.2, -0.15) is 0 Å². The van der Waals surface area contributed by atoms with E-state index in [0.29, 0.717) is 19.3 Å². The largest absolute Gasteiger partial charge is 0.462 e. The van der Waals surface area contributed by atoms with Gasteiger partial charge in [0.25, 0.3) is 0 Å². The summed E-state index contributed by atoms with van der Waals surface area (Å²) in [7, 11) is 0. The minimum Gasteiger partial charge on any atom is -0.462 e. The second-order valence-corrected chi connectivity index (χ2v) is 18.4. The lowest BCUT2D eigenvalue weighted by Gasteiger charge is -2.18. The first-order valence-corrected chi connectivity index (χ1v) is 25.2. The summed E-state index contributed by atoms with van der Waals surface area (Å²) < 4.78 is 16.8. The molecule has 0 aliphatic carbocycles. The molecule has 0 bridgehead atoms. The zero-order valence-corrected chi connectivity index (χ0v) is 39.0. The van der Waals surface area contributed by atoms with Crippen LogP contribution in [0.3, 0.4) is 0 Å².